The fraction of sp³-hybridized carbons (Fsp3) is 0.320. The molecule has 4 aromatic rings. The third kappa shape index (κ3) is 4.44. The van der Waals surface area contributed by atoms with Crippen molar-refractivity contribution in [3.05, 3.63) is 71.0 Å². The van der Waals surface area contributed by atoms with Gasteiger partial charge in [-0.2, -0.15) is 5.10 Å². The number of anilines is 3. The van der Waals surface area contributed by atoms with Gasteiger partial charge in [0.1, 0.15) is 5.82 Å². The normalized spacial score (nSPS) is 16.6. The Morgan fingerprint density at radius 2 is 1.89 bits per heavy atom. The minimum atomic E-state index is 0.486. The van der Waals surface area contributed by atoms with Crippen LogP contribution in [0.15, 0.2) is 48.9 Å². The first-order chi connectivity index (χ1) is 17.1. The average Bonchev–Trinajstić information content (AvgIpc) is 3.12. The molecule has 0 saturated carbocycles. The smallest absolute Gasteiger partial charge is 0.227 e. The molecule has 0 atom stereocenters. The van der Waals surface area contributed by atoms with E-state index in [9.17, 15) is 0 Å². The van der Waals surface area contributed by atoms with Gasteiger partial charge in [0.05, 0.1) is 17.6 Å². The SMILES string of the molecule is CN1CCN(c2cc(Nc3ncc4c(n3)CCCC=C4c3ccc4ncc(Cl)n4n3)ccn2)CC1. The third-order valence-electron chi connectivity index (χ3n) is 6.55. The van der Waals surface area contributed by atoms with Gasteiger partial charge in [0.2, 0.25) is 5.95 Å². The molecular formula is C25H26ClN9. The zero-order chi connectivity index (χ0) is 23.8. The fourth-order valence-corrected chi connectivity index (χ4v) is 4.76. The highest BCUT2D eigenvalue weighted by Gasteiger charge is 2.19. The fourth-order valence-electron chi connectivity index (χ4n) is 4.58. The Morgan fingerprint density at radius 1 is 1.00 bits per heavy atom. The first-order valence-corrected chi connectivity index (χ1v) is 12.3. The van der Waals surface area contributed by atoms with Crippen molar-refractivity contribution < 1.29 is 0 Å². The number of aryl methyl sites for hydroxylation is 1. The van der Waals surface area contributed by atoms with Crippen molar-refractivity contribution in [2.75, 3.05) is 43.4 Å². The van der Waals surface area contributed by atoms with E-state index in [0.717, 1.165) is 85.1 Å². The molecule has 0 radical (unpaired) electrons. The van der Waals surface area contributed by atoms with Crippen LogP contribution < -0.4 is 10.2 Å². The van der Waals surface area contributed by atoms with Crippen LogP contribution in [0.3, 0.4) is 0 Å². The maximum Gasteiger partial charge on any atom is 0.227 e. The number of pyridine rings is 1. The van der Waals surface area contributed by atoms with Crippen molar-refractivity contribution in [3.63, 3.8) is 0 Å². The lowest BCUT2D eigenvalue weighted by Gasteiger charge is -2.33. The van der Waals surface area contributed by atoms with Gasteiger partial charge in [0, 0.05) is 61.5 Å². The Bertz CT molecular complexity index is 1410. The summed E-state index contributed by atoms with van der Waals surface area (Å²) < 4.78 is 1.65. The zero-order valence-corrected chi connectivity index (χ0v) is 20.3. The standard InChI is InChI=1S/C25H26ClN9/c1-33-10-12-34(13-11-33)24-14-17(8-9-27-24)30-25-29-15-19-18(4-2-3-5-20(19)31-25)21-6-7-23-28-16-22(26)35(23)32-21/h4,6-9,14-16H,2-3,5,10-13H2,1H3,(H,27,29,30,31). The Kier molecular flexibility index (Phi) is 5.79. The molecule has 0 spiro atoms. The highest BCUT2D eigenvalue weighted by Crippen LogP contribution is 2.30. The number of fused-ring (bicyclic) bond motifs is 2. The number of piperazine rings is 1. The highest BCUT2D eigenvalue weighted by molar-refractivity contribution is 6.29. The first-order valence-electron chi connectivity index (χ1n) is 11.9. The van der Waals surface area contributed by atoms with Crippen LogP contribution in [0.5, 0.6) is 0 Å². The minimum Gasteiger partial charge on any atom is -0.354 e. The van der Waals surface area contributed by atoms with E-state index in [4.69, 9.17) is 21.7 Å². The molecule has 0 unspecified atom stereocenters. The quantitative estimate of drug-likeness (QED) is 0.464. The van der Waals surface area contributed by atoms with Gasteiger partial charge in [-0.25, -0.2) is 24.5 Å². The van der Waals surface area contributed by atoms with Crippen molar-refractivity contribution in [2.24, 2.45) is 0 Å². The second-order valence-electron chi connectivity index (χ2n) is 8.95. The molecule has 1 aliphatic heterocycles. The number of aromatic nitrogens is 6. The van der Waals surface area contributed by atoms with Gasteiger partial charge in [0.25, 0.3) is 0 Å². The second-order valence-corrected chi connectivity index (χ2v) is 9.34. The molecule has 1 saturated heterocycles. The summed E-state index contributed by atoms with van der Waals surface area (Å²) in [6.07, 6.45) is 10.4. The van der Waals surface area contributed by atoms with Crippen LogP contribution in [0.4, 0.5) is 17.5 Å². The summed E-state index contributed by atoms with van der Waals surface area (Å²) >= 11 is 6.26. The van der Waals surface area contributed by atoms with Crippen LogP contribution in [0.25, 0.3) is 11.2 Å². The predicted molar refractivity (Wildman–Crippen MR) is 137 cm³/mol. The Balaban J connectivity index is 1.27. The third-order valence-corrected chi connectivity index (χ3v) is 6.81. The summed E-state index contributed by atoms with van der Waals surface area (Å²) in [6, 6.07) is 7.92. The summed E-state index contributed by atoms with van der Waals surface area (Å²) in [5.41, 5.74) is 5.52. The van der Waals surface area contributed by atoms with Crippen molar-refractivity contribution in [2.45, 2.75) is 19.3 Å². The molecule has 1 aliphatic carbocycles. The molecule has 4 aromatic heterocycles. The number of rotatable bonds is 4. The number of hydrogen-bond acceptors (Lipinski definition) is 8. The topological polar surface area (TPSA) is 87.4 Å². The molecule has 9 nitrogen and oxygen atoms in total. The minimum absolute atomic E-state index is 0.486. The largest absolute Gasteiger partial charge is 0.354 e. The molecule has 6 rings (SSSR count). The molecular weight excluding hydrogens is 462 g/mol. The van der Waals surface area contributed by atoms with Crippen LogP contribution in [0.1, 0.15) is 29.8 Å². The Morgan fingerprint density at radius 3 is 2.77 bits per heavy atom. The maximum atomic E-state index is 6.26. The van der Waals surface area contributed by atoms with E-state index < -0.39 is 0 Å². The van der Waals surface area contributed by atoms with Gasteiger partial charge in [0.15, 0.2) is 10.8 Å². The van der Waals surface area contributed by atoms with Crippen LogP contribution in [0.2, 0.25) is 5.15 Å². The van der Waals surface area contributed by atoms with E-state index in [1.165, 1.54) is 0 Å². The molecule has 178 valence electrons. The number of imidazole rings is 1. The molecule has 0 bridgehead atoms. The van der Waals surface area contributed by atoms with E-state index in [1.807, 2.05) is 30.6 Å². The lowest BCUT2D eigenvalue weighted by molar-refractivity contribution is 0.312. The Labute approximate surface area is 208 Å². The molecule has 1 N–H and O–H groups in total. The monoisotopic (exact) mass is 487 g/mol. The average molecular weight is 488 g/mol. The number of likely N-dealkylation sites (N-methyl/N-ethyl adjacent to an activating group) is 1. The van der Waals surface area contributed by atoms with Gasteiger partial charge in [-0.05, 0) is 44.5 Å². The summed E-state index contributed by atoms with van der Waals surface area (Å²) in [5.74, 6) is 1.56. The number of nitrogens with one attached hydrogen (secondary N) is 1. The van der Waals surface area contributed by atoms with E-state index in [-0.39, 0.29) is 0 Å². The van der Waals surface area contributed by atoms with E-state index in [2.05, 4.69) is 49.3 Å². The maximum absolute atomic E-state index is 6.26. The van der Waals surface area contributed by atoms with Crippen molar-refractivity contribution in [3.8, 4) is 0 Å². The summed E-state index contributed by atoms with van der Waals surface area (Å²) in [6.45, 7) is 4.03. The molecule has 5 heterocycles. The lowest BCUT2D eigenvalue weighted by atomic mass is 10.0. The molecule has 0 amide bonds. The number of halogens is 1. The van der Waals surface area contributed by atoms with E-state index in [1.54, 1.807) is 10.7 Å². The molecule has 0 aromatic carbocycles. The van der Waals surface area contributed by atoms with Gasteiger partial charge in [-0.1, -0.05) is 17.7 Å². The van der Waals surface area contributed by atoms with Crippen LogP contribution in [-0.4, -0.2) is 67.7 Å². The molecule has 10 heteroatoms. The molecule has 1 fully saturated rings. The second kappa shape index (κ2) is 9.24. The van der Waals surface area contributed by atoms with Crippen molar-refractivity contribution in [1.29, 1.82) is 0 Å². The van der Waals surface area contributed by atoms with Gasteiger partial charge in [-0.15, -0.1) is 0 Å². The molecule has 35 heavy (non-hydrogen) atoms. The lowest BCUT2D eigenvalue weighted by Crippen LogP contribution is -2.44. The van der Waals surface area contributed by atoms with E-state index >= 15 is 0 Å². The first kappa shape index (κ1) is 21.9. The highest BCUT2D eigenvalue weighted by atomic mass is 35.5. The van der Waals surface area contributed by atoms with Crippen LogP contribution in [0, 0.1) is 0 Å². The summed E-state index contributed by atoms with van der Waals surface area (Å²) in [5, 5.41) is 8.58. The molecule has 2 aliphatic rings. The number of allylic oxidation sites excluding steroid dienone is 1. The zero-order valence-electron chi connectivity index (χ0n) is 19.5. The summed E-state index contributed by atoms with van der Waals surface area (Å²) in [7, 11) is 2.15. The van der Waals surface area contributed by atoms with Crippen LogP contribution in [-0.2, 0) is 6.42 Å². The predicted octanol–water partition coefficient (Wildman–Crippen LogP) is 3.83. The van der Waals surface area contributed by atoms with Gasteiger partial charge >= 0.3 is 0 Å². The Hall–Kier alpha value is -3.56. The van der Waals surface area contributed by atoms with Gasteiger partial charge < -0.3 is 15.1 Å². The van der Waals surface area contributed by atoms with E-state index in [0.29, 0.717) is 11.1 Å². The number of hydrogen-bond donors (Lipinski definition) is 1. The van der Waals surface area contributed by atoms with Crippen molar-refractivity contribution >= 4 is 40.3 Å². The van der Waals surface area contributed by atoms with Crippen LogP contribution >= 0.6 is 11.6 Å². The summed E-state index contributed by atoms with van der Waals surface area (Å²) in [4.78, 5) is 23.0. The van der Waals surface area contributed by atoms with Crippen molar-refractivity contribution in [1.82, 2.24) is 34.4 Å². The number of nitrogens with zero attached hydrogens (tertiary/aromatic N) is 8. The van der Waals surface area contributed by atoms with Gasteiger partial charge in [-0.3, -0.25) is 0 Å².